The minimum atomic E-state index is -1.04. The molecule has 16 heavy (non-hydrogen) atoms. The molecule has 1 atom stereocenters. The van der Waals surface area contributed by atoms with Crippen LogP contribution in [0.4, 0.5) is 0 Å². The largest absolute Gasteiger partial charge is 0.385 e. The molecular formula is C14H20O2. The van der Waals surface area contributed by atoms with Crippen LogP contribution in [0.25, 0.3) is 0 Å². The molecule has 0 radical (unpaired) electrons. The van der Waals surface area contributed by atoms with E-state index in [4.69, 9.17) is 0 Å². The molecule has 0 aliphatic heterocycles. The van der Waals surface area contributed by atoms with Gasteiger partial charge in [-0.15, -0.1) is 0 Å². The summed E-state index contributed by atoms with van der Waals surface area (Å²) in [6.45, 7) is 5.64. The lowest BCUT2D eigenvalue weighted by molar-refractivity contribution is -0.123. The molecule has 0 bridgehead atoms. The van der Waals surface area contributed by atoms with E-state index >= 15 is 0 Å². The number of benzene rings is 1. The number of carbonyl (C=O) groups is 1. The van der Waals surface area contributed by atoms with Gasteiger partial charge in [-0.2, -0.15) is 0 Å². The van der Waals surface area contributed by atoms with E-state index in [0.717, 1.165) is 17.5 Å². The average molecular weight is 220 g/mol. The smallest absolute Gasteiger partial charge is 0.136 e. The predicted octanol–water partition coefficient (Wildman–Crippen LogP) is 2.96. The van der Waals surface area contributed by atoms with Gasteiger partial charge in [-0.1, -0.05) is 31.2 Å². The third-order valence-electron chi connectivity index (χ3n) is 2.80. The van der Waals surface area contributed by atoms with Crippen LogP contribution in [-0.4, -0.2) is 10.9 Å². The summed E-state index contributed by atoms with van der Waals surface area (Å²) in [5.74, 6) is 0.121. The molecule has 0 aliphatic carbocycles. The van der Waals surface area contributed by atoms with Crippen molar-refractivity contribution in [2.75, 3.05) is 0 Å². The number of hydrogen-bond donors (Lipinski definition) is 1. The minimum Gasteiger partial charge on any atom is -0.385 e. The van der Waals surface area contributed by atoms with Crippen molar-refractivity contribution in [3.05, 3.63) is 35.4 Å². The van der Waals surface area contributed by atoms with Crippen LogP contribution in [0, 0.1) is 6.92 Å². The van der Waals surface area contributed by atoms with Gasteiger partial charge in [0.05, 0.1) is 5.60 Å². The summed E-state index contributed by atoms with van der Waals surface area (Å²) >= 11 is 0. The molecule has 0 saturated carbocycles. The molecule has 2 nitrogen and oxygen atoms in total. The van der Waals surface area contributed by atoms with Gasteiger partial charge in [-0.3, -0.25) is 4.79 Å². The second-order valence-corrected chi connectivity index (χ2v) is 4.55. The van der Waals surface area contributed by atoms with Gasteiger partial charge in [0, 0.05) is 12.8 Å². The number of Topliss-reactive ketones (excluding diaryl/α,β-unsaturated/α-hetero) is 1. The monoisotopic (exact) mass is 220 g/mol. The molecule has 0 aromatic heterocycles. The van der Waals surface area contributed by atoms with Gasteiger partial charge in [-0.25, -0.2) is 0 Å². The minimum absolute atomic E-state index is 0.121. The van der Waals surface area contributed by atoms with Crippen LogP contribution >= 0.6 is 0 Å². The fourth-order valence-corrected chi connectivity index (χ4v) is 2.02. The fraction of sp³-hybridized carbons (Fsp3) is 0.500. The Morgan fingerprint density at radius 3 is 2.56 bits per heavy atom. The maximum atomic E-state index is 11.6. The summed E-state index contributed by atoms with van der Waals surface area (Å²) in [6, 6.07) is 7.66. The average Bonchev–Trinajstić information content (AvgIpc) is 2.17. The maximum absolute atomic E-state index is 11.6. The van der Waals surface area contributed by atoms with E-state index in [0.29, 0.717) is 6.42 Å². The van der Waals surface area contributed by atoms with Gasteiger partial charge in [0.15, 0.2) is 0 Å². The van der Waals surface area contributed by atoms with Crippen molar-refractivity contribution in [3.8, 4) is 0 Å². The van der Waals surface area contributed by atoms with Crippen LogP contribution in [0.1, 0.15) is 44.2 Å². The topological polar surface area (TPSA) is 37.3 Å². The molecule has 0 heterocycles. The molecule has 1 aromatic carbocycles. The van der Waals surface area contributed by atoms with Crippen molar-refractivity contribution in [1.29, 1.82) is 0 Å². The van der Waals surface area contributed by atoms with Crippen LogP contribution in [-0.2, 0) is 10.4 Å². The Morgan fingerprint density at radius 2 is 2.00 bits per heavy atom. The highest BCUT2D eigenvalue weighted by Gasteiger charge is 2.27. The van der Waals surface area contributed by atoms with Crippen molar-refractivity contribution < 1.29 is 9.90 Å². The third-order valence-corrected chi connectivity index (χ3v) is 2.80. The molecule has 0 saturated heterocycles. The van der Waals surface area contributed by atoms with Crippen molar-refractivity contribution in [1.82, 2.24) is 0 Å². The fourth-order valence-electron chi connectivity index (χ4n) is 2.02. The number of rotatable bonds is 5. The van der Waals surface area contributed by atoms with Crippen LogP contribution in [0.3, 0.4) is 0 Å². The molecule has 1 unspecified atom stereocenters. The Bertz CT molecular complexity index is 367. The van der Waals surface area contributed by atoms with Gasteiger partial charge >= 0.3 is 0 Å². The van der Waals surface area contributed by atoms with E-state index in [2.05, 4.69) is 0 Å². The number of hydrogen-bond acceptors (Lipinski definition) is 2. The first kappa shape index (κ1) is 12.9. The zero-order valence-corrected chi connectivity index (χ0v) is 10.3. The van der Waals surface area contributed by atoms with E-state index in [1.807, 2.05) is 38.1 Å². The van der Waals surface area contributed by atoms with Crippen molar-refractivity contribution in [3.63, 3.8) is 0 Å². The van der Waals surface area contributed by atoms with Crippen molar-refractivity contribution in [2.45, 2.75) is 45.6 Å². The molecule has 1 N–H and O–H groups in total. The zero-order valence-electron chi connectivity index (χ0n) is 10.3. The molecule has 0 aliphatic rings. The zero-order chi connectivity index (χ0) is 12.2. The predicted molar refractivity (Wildman–Crippen MR) is 65.3 cm³/mol. The lowest BCUT2D eigenvalue weighted by Gasteiger charge is -2.24. The normalized spacial score (nSPS) is 14.5. The second-order valence-electron chi connectivity index (χ2n) is 4.55. The summed E-state index contributed by atoms with van der Waals surface area (Å²) in [7, 11) is 0. The van der Waals surface area contributed by atoms with E-state index < -0.39 is 5.60 Å². The lowest BCUT2D eigenvalue weighted by atomic mass is 9.87. The summed E-state index contributed by atoms with van der Waals surface area (Å²) < 4.78 is 0. The second kappa shape index (κ2) is 5.26. The molecule has 0 amide bonds. The van der Waals surface area contributed by atoms with E-state index in [9.17, 15) is 9.90 Å². The maximum Gasteiger partial charge on any atom is 0.136 e. The molecular weight excluding hydrogens is 200 g/mol. The first-order chi connectivity index (χ1) is 7.47. The summed E-state index contributed by atoms with van der Waals surface area (Å²) in [4.78, 5) is 11.6. The summed E-state index contributed by atoms with van der Waals surface area (Å²) in [5, 5.41) is 10.3. The summed E-state index contributed by atoms with van der Waals surface area (Å²) in [6.07, 6.45) is 1.58. The van der Waals surface area contributed by atoms with Crippen molar-refractivity contribution in [2.24, 2.45) is 0 Å². The number of aliphatic hydroxyl groups is 1. The molecule has 88 valence electrons. The van der Waals surface area contributed by atoms with E-state index in [-0.39, 0.29) is 12.2 Å². The van der Waals surface area contributed by atoms with Gasteiger partial charge in [0.1, 0.15) is 5.78 Å². The van der Waals surface area contributed by atoms with Crippen LogP contribution in [0.15, 0.2) is 24.3 Å². The molecule has 0 spiro atoms. The third kappa shape index (κ3) is 3.17. The molecule has 2 heteroatoms. The van der Waals surface area contributed by atoms with Crippen LogP contribution in [0.5, 0.6) is 0 Å². The number of ketones is 1. The highest BCUT2D eigenvalue weighted by Crippen LogP contribution is 2.27. The van der Waals surface area contributed by atoms with Gasteiger partial charge in [0.25, 0.3) is 0 Å². The first-order valence-corrected chi connectivity index (χ1v) is 5.77. The summed E-state index contributed by atoms with van der Waals surface area (Å²) in [5.41, 5.74) is 0.827. The van der Waals surface area contributed by atoms with Gasteiger partial charge < -0.3 is 5.11 Å². The van der Waals surface area contributed by atoms with Gasteiger partial charge in [0.2, 0.25) is 0 Å². The SMILES string of the molecule is CCCC(=O)CC(C)(O)c1ccccc1C. The van der Waals surface area contributed by atoms with Crippen LogP contribution in [0.2, 0.25) is 0 Å². The Morgan fingerprint density at radius 1 is 1.38 bits per heavy atom. The number of carbonyl (C=O) groups excluding carboxylic acids is 1. The Balaban J connectivity index is 2.85. The van der Waals surface area contributed by atoms with E-state index in [1.54, 1.807) is 6.92 Å². The Labute approximate surface area is 97.3 Å². The first-order valence-electron chi connectivity index (χ1n) is 5.77. The molecule has 1 rings (SSSR count). The quantitative estimate of drug-likeness (QED) is 0.828. The van der Waals surface area contributed by atoms with Crippen molar-refractivity contribution >= 4 is 5.78 Å². The standard InChI is InChI=1S/C14H20O2/c1-4-7-12(15)10-14(3,16)13-9-6-5-8-11(13)2/h5-6,8-9,16H,4,7,10H2,1-3H3. The number of aryl methyl sites for hydroxylation is 1. The van der Waals surface area contributed by atoms with E-state index in [1.165, 1.54) is 0 Å². The highest BCUT2D eigenvalue weighted by molar-refractivity contribution is 5.79. The highest BCUT2D eigenvalue weighted by atomic mass is 16.3. The van der Waals surface area contributed by atoms with Gasteiger partial charge in [-0.05, 0) is 31.4 Å². The van der Waals surface area contributed by atoms with Crippen LogP contribution < -0.4 is 0 Å². The Kier molecular flexibility index (Phi) is 4.25. The molecule has 1 aromatic rings. The Hall–Kier alpha value is -1.15. The lowest BCUT2D eigenvalue weighted by Crippen LogP contribution is -2.26. The molecule has 0 fully saturated rings.